The fourth-order valence-electron chi connectivity index (χ4n) is 4.87. The van der Waals surface area contributed by atoms with E-state index in [-0.39, 0.29) is 23.2 Å². The third-order valence-electron chi connectivity index (χ3n) is 6.47. The summed E-state index contributed by atoms with van der Waals surface area (Å²) in [6, 6.07) is 14.0. The minimum Gasteiger partial charge on any atom is -0.511 e. The normalized spacial score (nSPS) is 19.2. The Hall–Kier alpha value is -3.55. The van der Waals surface area contributed by atoms with Crippen LogP contribution in [0.4, 0.5) is 13.2 Å². The number of allylic oxidation sites excluding steroid dienone is 2. The maximum absolute atomic E-state index is 13.1. The van der Waals surface area contributed by atoms with Crippen molar-refractivity contribution in [3.8, 4) is 5.75 Å². The van der Waals surface area contributed by atoms with Crippen LogP contribution in [0.3, 0.4) is 0 Å². The van der Waals surface area contributed by atoms with E-state index in [9.17, 15) is 23.1 Å². The summed E-state index contributed by atoms with van der Waals surface area (Å²) >= 11 is 0. The Balaban J connectivity index is 1.62. The Labute approximate surface area is 207 Å². The number of benzene rings is 2. The van der Waals surface area contributed by atoms with Gasteiger partial charge in [0, 0.05) is 41.7 Å². The van der Waals surface area contributed by atoms with E-state index < -0.39 is 6.36 Å². The first-order valence-electron chi connectivity index (χ1n) is 12.1. The zero-order valence-corrected chi connectivity index (χ0v) is 20.3. The summed E-state index contributed by atoms with van der Waals surface area (Å²) in [6.45, 7) is 4.12. The molecule has 2 aromatic carbocycles. The second kappa shape index (κ2) is 10.6. The van der Waals surface area contributed by atoms with Gasteiger partial charge in [0.2, 0.25) is 0 Å². The molecule has 1 heterocycles. The van der Waals surface area contributed by atoms with Crippen LogP contribution < -0.4 is 4.74 Å². The standard InChI is InChI=1S/C28H29F3N2O3/c1-3-7-25(34)27-24(14-19(15-26(27)35)18-8-5-4-6-9-18)32-13-12-21-17(2)33-23-11-10-20(16-22(21)23)36-28(29,30)31/h4-6,8-11,16,19,33-34H,3,7,12-15H2,1-2H3. The molecule has 36 heavy (non-hydrogen) atoms. The topological polar surface area (TPSA) is 74.7 Å². The molecule has 1 aliphatic rings. The summed E-state index contributed by atoms with van der Waals surface area (Å²) in [7, 11) is 0. The van der Waals surface area contributed by atoms with Crippen LogP contribution in [-0.4, -0.2) is 34.5 Å². The van der Waals surface area contributed by atoms with Crippen molar-refractivity contribution in [2.24, 2.45) is 4.99 Å². The number of aromatic nitrogens is 1. The minimum atomic E-state index is -4.77. The Kier molecular flexibility index (Phi) is 7.52. The van der Waals surface area contributed by atoms with Gasteiger partial charge in [-0.2, -0.15) is 0 Å². The molecule has 0 spiro atoms. The summed E-state index contributed by atoms with van der Waals surface area (Å²) in [6.07, 6.45) is -2.35. The molecule has 1 fully saturated rings. The van der Waals surface area contributed by atoms with Gasteiger partial charge in [0.25, 0.3) is 0 Å². The fourth-order valence-corrected chi connectivity index (χ4v) is 4.87. The summed E-state index contributed by atoms with van der Waals surface area (Å²) in [5.74, 6) is -0.339. The lowest BCUT2D eigenvalue weighted by Gasteiger charge is -2.26. The predicted molar refractivity (Wildman–Crippen MR) is 134 cm³/mol. The van der Waals surface area contributed by atoms with Crippen LogP contribution in [0.5, 0.6) is 5.75 Å². The Morgan fingerprint density at radius 1 is 1.17 bits per heavy atom. The van der Waals surface area contributed by atoms with Crippen molar-refractivity contribution in [2.75, 3.05) is 6.54 Å². The van der Waals surface area contributed by atoms with Gasteiger partial charge in [-0.15, -0.1) is 13.2 Å². The number of H-pyrrole nitrogens is 1. The molecule has 1 saturated carbocycles. The molecule has 3 aromatic rings. The maximum atomic E-state index is 13.1. The third kappa shape index (κ3) is 5.80. The molecule has 1 aromatic heterocycles. The molecule has 2 N–H and O–H groups in total. The molecular weight excluding hydrogens is 469 g/mol. The summed E-state index contributed by atoms with van der Waals surface area (Å²) in [5, 5.41) is 11.3. The minimum absolute atomic E-state index is 0.0208. The van der Waals surface area contributed by atoms with Crippen molar-refractivity contribution in [1.29, 1.82) is 0 Å². The first-order chi connectivity index (χ1) is 17.2. The van der Waals surface area contributed by atoms with Gasteiger partial charge in [0.15, 0.2) is 5.78 Å². The number of carbonyl (C=O) groups is 1. The largest absolute Gasteiger partial charge is 0.573 e. The van der Waals surface area contributed by atoms with Gasteiger partial charge in [-0.1, -0.05) is 37.3 Å². The molecule has 0 bridgehead atoms. The van der Waals surface area contributed by atoms with E-state index in [2.05, 4.69) is 9.72 Å². The van der Waals surface area contributed by atoms with Crippen LogP contribution >= 0.6 is 0 Å². The highest BCUT2D eigenvalue weighted by atomic mass is 19.4. The van der Waals surface area contributed by atoms with Crippen molar-refractivity contribution in [3.05, 3.63) is 76.7 Å². The van der Waals surface area contributed by atoms with Crippen molar-refractivity contribution in [3.63, 3.8) is 0 Å². The summed E-state index contributed by atoms with van der Waals surface area (Å²) in [4.78, 5) is 21.0. The number of ether oxygens (including phenoxy) is 1. The number of nitrogens with zero attached hydrogens (tertiary/aromatic N) is 1. The SMILES string of the molecule is CCCC(O)=C1C(=O)CC(c2ccccc2)CC1=NCCc1c(C)[nH]c2ccc(OC(F)(F)F)cc12. The molecule has 0 saturated heterocycles. The lowest BCUT2D eigenvalue weighted by molar-refractivity contribution is -0.274. The number of hydrogen-bond acceptors (Lipinski definition) is 4. The van der Waals surface area contributed by atoms with Crippen LogP contribution in [-0.2, 0) is 11.2 Å². The number of aliphatic hydroxyl groups is 1. The quantitative estimate of drug-likeness (QED) is 0.269. The average Bonchev–Trinajstić information content (AvgIpc) is 3.13. The van der Waals surface area contributed by atoms with E-state index in [4.69, 9.17) is 4.99 Å². The zero-order valence-electron chi connectivity index (χ0n) is 20.3. The molecular formula is C28H29F3N2O3. The number of Topliss-reactive ketones (excluding diaryl/α,β-unsaturated/α-hetero) is 1. The monoisotopic (exact) mass is 498 g/mol. The predicted octanol–water partition coefficient (Wildman–Crippen LogP) is 7.12. The van der Waals surface area contributed by atoms with Crippen molar-refractivity contribution in [2.45, 2.75) is 58.2 Å². The number of alkyl halides is 3. The first-order valence-corrected chi connectivity index (χ1v) is 12.1. The maximum Gasteiger partial charge on any atom is 0.573 e. The molecule has 0 radical (unpaired) electrons. The summed E-state index contributed by atoms with van der Waals surface area (Å²) < 4.78 is 42.2. The van der Waals surface area contributed by atoms with Crippen LogP contribution in [0.25, 0.3) is 10.9 Å². The molecule has 8 heteroatoms. The highest BCUT2D eigenvalue weighted by Gasteiger charge is 2.32. The number of halogens is 3. The fraction of sp³-hybridized carbons (Fsp3) is 0.357. The highest BCUT2D eigenvalue weighted by molar-refractivity contribution is 6.24. The zero-order chi connectivity index (χ0) is 25.9. The van der Waals surface area contributed by atoms with Gasteiger partial charge in [-0.05, 0) is 61.4 Å². The van der Waals surface area contributed by atoms with Gasteiger partial charge >= 0.3 is 6.36 Å². The molecule has 1 aliphatic carbocycles. The second-order valence-corrected chi connectivity index (χ2v) is 9.07. The van der Waals surface area contributed by atoms with E-state index in [1.54, 1.807) is 6.07 Å². The smallest absolute Gasteiger partial charge is 0.511 e. The van der Waals surface area contributed by atoms with E-state index in [1.165, 1.54) is 12.1 Å². The molecule has 5 nitrogen and oxygen atoms in total. The average molecular weight is 499 g/mol. The number of aliphatic imine (C=N–C) groups is 1. The van der Waals surface area contributed by atoms with Crippen LogP contribution in [0.2, 0.25) is 0 Å². The molecule has 0 aliphatic heterocycles. The molecule has 1 atom stereocenters. The van der Waals surface area contributed by atoms with Gasteiger partial charge < -0.3 is 14.8 Å². The number of fused-ring (bicyclic) bond motifs is 1. The van der Waals surface area contributed by atoms with Gasteiger partial charge in [0.05, 0.1) is 5.57 Å². The third-order valence-corrected chi connectivity index (χ3v) is 6.47. The number of aryl methyl sites for hydroxylation is 1. The number of aromatic amines is 1. The number of nitrogens with one attached hydrogen (secondary N) is 1. The number of hydrogen-bond donors (Lipinski definition) is 2. The van der Waals surface area contributed by atoms with E-state index in [0.29, 0.717) is 60.8 Å². The molecule has 190 valence electrons. The lowest BCUT2D eigenvalue weighted by Crippen LogP contribution is -2.27. The summed E-state index contributed by atoms with van der Waals surface area (Å²) in [5.41, 5.74) is 4.35. The van der Waals surface area contributed by atoms with E-state index >= 15 is 0 Å². The van der Waals surface area contributed by atoms with Crippen LogP contribution in [0, 0.1) is 6.92 Å². The van der Waals surface area contributed by atoms with Crippen molar-refractivity contribution in [1.82, 2.24) is 4.98 Å². The van der Waals surface area contributed by atoms with Crippen molar-refractivity contribution < 1.29 is 27.8 Å². The highest BCUT2D eigenvalue weighted by Crippen LogP contribution is 2.34. The second-order valence-electron chi connectivity index (χ2n) is 9.07. The number of ketones is 1. The van der Waals surface area contributed by atoms with Gasteiger partial charge in [0.1, 0.15) is 11.5 Å². The van der Waals surface area contributed by atoms with Crippen LogP contribution in [0.1, 0.15) is 55.3 Å². The van der Waals surface area contributed by atoms with E-state index in [1.807, 2.05) is 44.2 Å². The number of carbonyl (C=O) groups excluding carboxylic acids is 1. The molecule has 4 rings (SSSR count). The lowest BCUT2D eigenvalue weighted by atomic mass is 9.78. The Morgan fingerprint density at radius 3 is 2.61 bits per heavy atom. The Morgan fingerprint density at radius 2 is 1.92 bits per heavy atom. The number of aliphatic hydroxyl groups excluding tert-OH is 1. The Bertz CT molecular complexity index is 1310. The van der Waals surface area contributed by atoms with Gasteiger partial charge in [-0.3, -0.25) is 9.79 Å². The van der Waals surface area contributed by atoms with Crippen molar-refractivity contribution >= 4 is 22.4 Å². The first kappa shape index (κ1) is 25.5. The number of rotatable bonds is 7. The molecule has 0 amide bonds. The van der Waals surface area contributed by atoms with E-state index in [0.717, 1.165) is 16.8 Å². The van der Waals surface area contributed by atoms with Crippen LogP contribution in [0.15, 0.2) is 64.9 Å². The molecule has 1 unspecified atom stereocenters. The van der Waals surface area contributed by atoms with Gasteiger partial charge in [-0.25, -0.2) is 0 Å².